The Bertz CT molecular complexity index is 401. The molecule has 1 fully saturated rings. The topological polar surface area (TPSA) is 21.3 Å². The lowest BCUT2D eigenvalue weighted by Gasteiger charge is -2.08. The number of hydrogen-bond donors (Lipinski definition) is 1. The molecule has 2 nitrogen and oxygen atoms in total. The first-order chi connectivity index (χ1) is 9.20. The summed E-state index contributed by atoms with van der Waals surface area (Å²) in [5, 5.41) is 3.25. The van der Waals surface area contributed by atoms with Gasteiger partial charge in [-0.1, -0.05) is 0 Å². The van der Waals surface area contributed by atoms with E-state index in [1.807, 2.05) is 0 Å². The zero-order chi connectivity index (χ0) is 13.7. The maximum absolute atomic E-state index is 13.8. The van der Waals surface area contributed by atoms with Crippen molar-refractivity contribution >= 4 is 11.8 Å². The summed E-state index contributed by atoms with van der Waals surface area (Å²) in [5.74, 6) is -0.272. The maximum atomic E-state index is 13.8. The van der Waals surface area contributed by atoms with Crippen LogP contribution in [0, 0.1) is 11.6 Å². The summed E-state index contributed by atoms with van der Waals surface area (Å²) in [5.41, 5.74) is 0.670. The van der Waals surface area contributed by atoms with Gasteiger partial charge in [-0.15, -0.1) is 11.8 Å². The second-order valence-electron chi connectivity index (χ2n) is 4.74. The van der Waals surface area contributed by atoms with Crippen LogP contribution in [0.25, 0.3) is 0 Å². The predicted molar refractivity (Wildman–Crippen MR) is 73.4 cm³/mol. The van der Waals surface area contributed by atoms with Crippen LogP contribution in [0.3, 0.4) is 0 Å². The lowest BCUT2D eigenvalue weighted by Crippen LogP contribution is -2.15. The third kappa shape index (κ3) is 4.75. The monoisotopic (exact) mass is 287 g/mol. The Kier molecular flexibility index (Phi) is 5.60. The first kappa shape index (κ1) is 14.8. The Morgan fingerprint density at radius 2 is 2.00 bits per heavy atom. The van der Waals surface area contributed by atoms with Crippen molar-refractivity contribution in [2.75, 3.05) is 19.5 Å². The molecule has 0 heterocycles. The Morgan fingerprint density at radius 1 is 1.32 bits per heavy atom. The second kappa shape index (κ2) is 7.22. The van der Waals surface area contributed by atoms with Gasteiger partial charge in [0.25, 0.3) is 0 Å². The highest BCUT2D eigenvalue weighted by atomic mass is 32.2. The number of benzene rings is 1. The molecule has 0 amide bonds. The number of halogens is 2. The molecule has 0 saturated heterocycles. The lowest BCUT2D eigenvalue weighted by molar-refractivity contribution is 0.200. The minimum Gasteiger partial charge on any atom is -0.385 e. The number of nitrogens with one attached hydrogen (secondary N) is 1. The molecule has 5 heteroatoms. The van der Waals surface area contributed by atoms with Gasteiger partial charge in [-0.2, -0.15) is 0 Å². The minimum atomic E-state index is -0.463. The van der Waals surface area contributed by atoms with E-state index in [-0.39, 0.29) is 4.90 Å². The highest BCUT2D eigenvalue weighted by Crippen LogP contribution is 2.27. The van der Waals surface area contributed by atoms with E-state index >= 15 is 0 Å². The number of hydrogen-bond acceptors (Lipinski definition) is 3. The number of ether oxygens (including phenoxy) is 1. The van der Waals surface area contributed by atoms with Crippen LogP contribution >= 0.6 is 11.8 Å². The predicted octanol–water partition coefficient (Wildman–Crippen LogP) is 3.35. The van der Waals surface area contributed by atoms with E-state index in [0.29, 0.717) is 30.5 Å². The van der Waals surface area contributed by atoms with Crippen LogP contribution in [0.15, 0.2) is 17.0 Å². The summed E-state index contributed by atoms with van der Waals surface area (Å²) in [4.78, 5) is 0.117. The fourth-order valence-corrected chi connectivity index (χ4v) is 2.64. The third-order valence-electron chi connectivity index (χ3n) is 2.97. The van der Waals surface area contributed by atoms with Crippen molar-refractivity contribution in [1.82, 2.24) is 5.32 Å². The standard InChI is InChI=1S/C14H19F2NOS/c1-18-5-2-6-19-14-12(15)7-10(8-13(14)16)9-17-11-3-4-11/h7-8,11,17H,2-6,9H2,1H3. The quantitative estimate of drug-likeness (QED) is 0.585. The van der Waals surface area contributed by atoms with E-state index < -0.39 is 11.6 Å². The number of thioether (sulfide) groups is 1. The molecule has 0 radical (unpaired) electrons. The molecular formula is C14H19F2NOS. The Labute approximate surface area is 116 Å². The fourth-order valence-electron chi connectivity index (χ4n) is 1.78. The van der Waals surface area contributed by atoms with Crippen molar-refractivity contribution in [3.8, 4) is 0 Å². The first-order valence-electron chi connectivity index (χ1n) is 6.53. The van der Waals surface area contributed by atoms with Gasteiger partial charge in [0.2, 0.25) is 0 Å². The molecule has 0 spiro atoms. The lowest BCUT2D eigenvalue weighted by atomic mass is 10.2. The molecule has 0 bridgehead atoms. The average molecular weight is 287 g/mol. The van der Waals surface area contributed by atoms with E-state index in [1.54, 1.807) is 7.11 Å². The summed E-state index contributed by atoms with van der Waals surface area (Å²) in [6.45, 7) is 1.15. The molecule has 0 atom stereocenters. The Morgan fingerprint density at radius 3 is 2.58 bits per heavy atom. The van der Waals surface area contributed by atoms with E-state index in [0.717, 1.165) is 6.42 Å². The summed E-state index contributed by atoms with van der Waals surface area (Å²) >= 11 is 1.21. The number of methoxy groups -OCH3 is 1. The molecule has 1 aromatic rings. The highest BCUT2D eigenvalue weighted by Gasteiger charge is 2.20. The Balaban J connectivity index is 1.91. The zero-order valence-electron chi connectivity index (χ0n) is 11.0. The minimum absolute atomic E-state index is 0.117. The fraction of sp³-hybridized carbons (Fsp3) is 0.571. The SMILES string of the molecule is COCCCSc1c(F)cc(CNC2CC2)cc1F. The van der Waals surface area contributed by atoms with Gasteiger partial charge in [0, 0.05) is 32.1 Å². The summed E-state index contributed by atoms with van der Waals surface area (Å²) in [7, 11) is 1.62. The van der Waals surface area contributed by atoms with Gasteiger partial charge < -0.3 is 10.1 Å². The summed E-state index contributed by atoms with van der Waals surface area (Å²) in [6.07, 6.45) is 3.11. The molecule has 0 aliphatic heterocycles. The molecule has 1 saturated carbocycles. The van der Waals surface area contributed by atoms with Crippen molar-refractivity contribution in [3.05, 3.63) is 29.3 Å². The molecule has 2 rings (SSSR count). The van der Waals surface area contributed by atoms with Gasteiger partial charge in [-0.25, -0.2) is 8.78 Å². The van der Waals surface area contributed by atoms with E-state index in [1.165, 1.54) is 36.7 Å². The third-order valence-corrected chi connectivity index (χ3v) is 4.14. The maximum Gasteiger partial charge on any atom is 0.140 e. The summed E-state index contributed by atoms with van der Waals surface area (Å²) < 4.78 is 32.6. The molecule has 19 heavy (non-hydrogen) atoms. The molecule has 0 aromatic heterocycles. The van der Waals surface area contributed by atoms with Gasteiger partial charge in [0.15, 0.2) is 0 Å². The Hall–Kier alpha value is -0.650. The van der Waals surface area contributed by atoms with Crippen molar-refractivity contribution < 1.29 is 13.5 Å². The molecule has 1 aliphatic rings. The first-order valence-corrected chi connectivity index (χ1v) is 7.52. The van der Waals surface area contributed by atoms with E-state index in [4.69, 9.17) is 4.74 Å². The average Bonchev–Trinajstić information content (AvgIpc) is 3.18. The largest absolute Gasteiger partial charge is 0.385 e. The molecular weight excluding hydrogens is 268 g/mol. The van der Waals surface area contributed by atoms with Crippen LogP contribution < -0.4 is 5.32 Å². The van der Waals surface area contributed by atoms with Crippen molar-refractivity contribution in [1.29, 1.82) is 0 Å². The molecule has 0 unspecified atom stereocenters. The molecule has 1 aromatic carbocycles. The van der Waals surface area contributed by atoms with Crippen LogP contribution in [0.1, 0.15) is 24.8 Å². The number of rotatable bonds is 8. The molecule has 1 N–H and O–H groups in total. The van der Waals surface area contributed by atoms with Gasteiger partial charge in [0.05, 0.1) is 4.90 Å². The van der Waals surface area contributed by atoms with Crippen LogP contribution in [-0.2, 0) is 11.3 Å². The second-order valence-corrected chi connectivity index (χ2v) is 5.84. The van der Waals surface area contributed by atoms with Gasteiger partial charge in [-0.05, 0) is 37.0 Å². The normalized spacial score (nSPS) is 14.9. The van der Waals surface area contributed by atoms with Crippen LogP contribution in [0.5, 0.6) is 0 Å². The zero-order valence-corrected chi connectivity index (χ0v) is 11.9. The van der Waals surface area contributed by atoms with Gasteiger partial charge in [-0.3, -0.25) is 0 Å². The van der Waals surface area contributed by atoms with Gasteiger partial charge >= 0.3 is 0 Å². The van der Waals surface area contributed by atoms with Crippen molar-refractivity contribution in [2.24, 2.45) is 0 Å². The van der Waals surface area contributed by atoms with Crippen LogP contribution in [0.2, 0.25) is 0 Å². The molecule has 106 valence electrons. The highest BCUT2D eigenvalue weighted by molar-refractivity contribution is 7.99. The van der Waals surface area contributed by atoms with Crippen molar-refractivity contribution in [3.63, 3.8) is 0 Å². The van der Waals surface area contributed by atoms with Crippen molar-refractivity contribution in [2.45, 2.75) is 36.7 Å². The van der Waals surface area contributed by atoms with Gasteiger partial charge in [0.1, 0.15) is 11.6 Å². The molecule has 1 aliphatic carbocycles. The smallest absolute Gasteiger partial charge is 0.140 e. The van der Waals surface area contributed by atoms with E-state index in [9.17, 15) is 8.78 Å². The van der Waals surface area contributed by atoms with Crippen LogP contribution in [-0.4, -0.2) is 25.5 Å². The van der Waals surface area contributed by atoms with Crippen LogP contribution in [0.4, 0.5) is 8.78 Å². The van der Waals surface area contributed by atoms with E-state index in [2.05, 4.69) is 5.32 Å². The summed E-state index contributed by atoms with van der Waals surface area (Å²) in [6, 6.07) is 3.39.